The molecule has 0 aliphatic rings. The van der Waals surface area contributed by atoms with Crippen molar-refractivity contribution in [2.75, 3.05) is 0 Å². The number of hydrogen-bond acceptors (Lipinski definition) is 3. The van der Waals surface area contributed by atoms with Crippen LogP contribution in [-0.2, 0) is 13.1 Å². The molecule has 1 N–H and O–H groups in total. The van der Waals surface area contributed by atoms with Crippen LogP contribution in [0.2, 0.25) is 0 Å². The molecule has 3 aromatic rings. The Kier molecular flexibility index (Phi) is 4.47. The highest BCUT2D eigenvalue weighted by molar-refractivity contribution is 5.92. The molecule has 2 heterocycles. The number of aryl methyl sites for hydroxylation is 1. The summed E-state index contributed by atoms with van der Waals surface area (Å²) < 4.78 is 1.88. The van der Waals surface area contributed by atoms with E-state index >= 15 is 0 Å². The zero-order valence-corrected chi connectivity index (χ0v) is 12.9. The van der Waals surface area contributed by atoms with E-state index in [1.165, 1.54) is 5.56 Å². The quantitative estimate of drug-likeness (QED) is 0.788. The van der Waals surface area contributed by atoms with Crippen LogP contribution in [0.5, 0.6) is 0 Å². The molecule has 1 amide bonds. The monoisotopic (exact) mass is 306 g/mol. The number of carbonyl (C=O) groups is 1. The van der Waals surface area contributed by atoms with Crippen molar-refractivity contribution in [1.29, 1.82) is 0 Å². The minimum atomic E-state index is -0.158. The minimum Gasteiger partial charge on any atom is -0.347 e. The number of benzene rings is 1. The first-order chi connectivity index (χ1) is 11.2. The molecule has 5 nitrogen and oxygen atoms in total. The van der Waals surface area contributed by atoms with Crippen molar-refractivity contribution in [2.45, 2.75) is 20.0 Å². The highest BCUT2D eigenvalue weighted by Gasteiger charge is 2.06. The lowest BCUT2D eigenvalue weighted by atomic mass is 10.1. The topological polar surface area (TPSA) is 59.8 Å². The fourth-order valence-corrected chi connectivity index (χ4v) is 2.29. The zero-order chi connectivity index (χ0) is 16.1. The van der Waals surface area contributed by atoms with Gasteiger partial charge in [-0.2, -0.15) is 5.10 Å². The largest absolute Gasteiger partial charge is 0.347 e. The number of nitrogens with zero attached hydrogens (tertiary/aromatic N) is 3. The number of carbonyl (C=O) groups excluding carboxylic acids is 1. The fourth-order valence-electron chi connectivity index (χ4n) is 2.29. The number of pyridine rings is 1. The molecule has 5 heteroatoms. The van der Waals surface area contributed by atoms with Crippen molar-refractivity contribution in [3.63, 3.8) is 0 Å². The van der Waals surface area contributed by atoms with Gasteiger partial charge in [-0.15, -0.1) is 0 Å². The normalized spacial score (nSPS) is 10.5. The summed E-state index contributed by atoms with van der Waals surface area (Å²) in [7, 11) is 0. The van der Waals surface area contributed by atoms with Crippen molar-refractivity contribution in [2.24, 2.45) is 0 Å². The Morgan fingerprint density at radius 2 is 1.87 bits per heavy atom. The van der Waals surface area contributed by atoms with Crippen LogP contribution < -0.4 is 5.32 Å². The Morgan fingerprint density at radius 1 is 1.09 bits per heavy atom. The van der Waals surface area contributed by atoms with Crippen molar-refractivity contribution < 1.29 is 4.79 Å². The molecule has 0 aliphatic carbocycles. The number of hydrogen-bond donors (Lipinski definition) is 1. The van der Waals surface area contributed by atoms with Gasteiger partial charge < -0.3 is 5.32 Å². The van der Waals surface area contributed by atoms with Gasteiger partial charge in [0.05, 0.1) is 6.54 Å². The summed E-state index contributed by atoms with van der Waals surface area (Å²) in [5.41, 5.74) is 3.50. The fraction of sp³-hybridized carbons (Fsp3) is 0.167. The first-order valence-electron chi connectivity index (χ1n) is 7.48. The molecule has 23 heavy (non-hydrogen) atoms. The van der Waals surface area contributed by atoms with Gasteiger partial charge in [0.1, 0.15) is 5.69 Å². The summed E-state index contributed by atoms with van der Waals surface area (Å²) >= 11 is 0. The van der Waals surface area contributed by atoms with Gasteiger partial charge in [-0.3, -0.25) is 9.48 Å². The van der Waals surface area contributed by atoms with E-state index in [9.17, 15) is 4.79 Å². The Balaban J connectivity index is 1.57. The van der Waals surface area contributed by atoms with Crippen LogP contribution in [-0.4, -0.2) is 20.7 Å². The predicted octanol–water partition coefficient (Wildman–Crippen LogP) is 2.56. The minimum absolute atomic E-state index is 0.158. The van der Waals surface area contributed by atoms with E-state index in [4.69, 9.17) is 0 Å². The van der Waals surface area contributed by atoms with Crippen LogP contribution >= 0.6 is 0 Å². The predicted molar refractivity (Wildman–Crippen MR) is 87.9 cm³/mol. The molecule has 0 spiro atoms. The molecular weight excluding hydrogens is 288 g/mol. The van der Waals surface area contributed by atoms with Crippen LogP contribution in [0.4, 0.5) is 0 Å². The van der Waals surface area contributed by atoms with E-state index in [1.807, 2.05) is 60.3 Å². The third-order valence-electron chi connectivity index (χ3n) is 3.50. The molecule has 3 rings (SSSR count). The third-order valence-corrected chi connectivity index (χ3v) is 3.50. The van der Waals surface area contributed by atoms with Crippen LogP contribution in [0.25, 0.3) is 0 Å². The van der Waals surface area contributed by atoms with E-state index in [0.29, 0.717) is 12.2 Å². The summed E-state index contributed by atoms with van der Waals surface area (Å²) in [6.45, 7) is 3.10. The molecule has 0 aliphatic heterocycles. The SMILES string of the molecule is Cc1cccc(C(=O)NCc2ccc(Cn3cccn3)cc2)n1. The Bertz CT molecular complexity index is 779. The van der Waals surface area contributed by atoms with Crippen LogP contribution in [0.15, 0.2) is 60.9 Å². The summed E-state index contributed by atoms with van der Waals surface area (Å²) in [4.78, 5) is 16.3. The maximum atomic E-state index is 12.1. The maximum absolute atomic E-state index is 12.1. The van der Waals surface area contributed by atoms with E-state index in [0.717, 1.165) is 17.8 Å². The van der Waals surface area contributed by atoms with Crippen LogP contribution in [0, 0.1) is 6.92 Å². The molecule has 0 bridgehead atoms. The molecule has 0 fully saturated rings. The second kappa shape index (κ2) is 6.87. The summed E-state index contributed by atoms with van der Waals surface area (Å²) in [5, 5.41) is 7.08. The second-order valence-corrected chi connectivity index (χ2v) is 5.37. The average molecular weight is 306 g/mol. The second-order valence-electron chi connectivity index (χ2n) is 5.37. The maximum Gasteiger partial charge on any atom is 0.270 e. The zero-order valence-electron chi connectivity index (χ0n) is 12.9. The van der Waals surface area contributed by atoms with Gasteiger partial charge in [0.25, 0.3) is 5.91 Å². The summed E-state index contributed by atoms with van der Waals surface area (Å²) in [6.07, 6.45) is 3.70. The Labute approximate surface area is 135 Å². The van der Waals surface area contributed by atoms with Gasteiger partial charge >= 0.3 is 0 Å². The molecular formula is C18H18N4O. The van der Waals surface area contributed by atoms with Crippen LogP contribution in [0.3, 0.4) is 0 Å². The van der Waals surface area contributed by atoms with E-state index in [2.05, 4.69) is 15.4 Å². The highest BCUT2D eigenvalue weighted by atomic mass is 16.1. The van der Waals surface area contributed by atoms with E-state index in [1.54, 1.807) is 12.3 Å². The number of amides is 1. The Morgan fingerprint density at radius 3 is 2.57 bits per heavy atom. The summed E-state index contributed by atoms with van der Waals surface area (Å²) in [5.74, 6) is -0.158. The highest BCUT2D eigenvalue weighted by Crippen LogP contribution is 2.06. The molecule has 0 saturated carbocycles. The number of rotatable bonds is 5. The van der Waals surface area contributed by atoms with Crippen molar-refractivity contribution in [3.05, 3.63) is 83.4 Å². The van der Waals surface area contributed by atoms with Crippen molar-refractivity contribution in [3.8, 4) is 0 Å². The van der Waals surface area contributed by atoms with E-state index < -0.39 is 0 Å². The van der Waals surface area contributed by atoms with Crippen molar-refractivity contribution in [1.82, 2.24) is 20.1 Å². The van der Waals surface area contributed by atoms with E-state index in [-0.39, 0.29) is 5.91 Å². The first kappa shape index (κ1) is 15.0. The third kappa shape index (κ3) is 4.03. The van der Waals surface area contributed by atoms with Gasteiger partial charge in [0, 0.05) is 24.6 Å². The molecule has 2 aromatic heterocycles. The van der Waals surface area contributed by atoms with Gasteiger partial charge in [-0.25, -0.2) is 4.98 Å². The molecule has 0 radical (unpaired) electrons. The molecule has 0 unspecified atom stereocenters. The molecule has 0 atom stereocenters. The van der Waals surface area contributed by atoms with Gasteiger partial charge in [0.2, 0.25) is 0 Å². The molecule has 0 saturated heterocycles. The van der Waals surface area contributed by atoms with Gasteiger partial charge in [-0.05, 0) is 36.2 Å². The lowest BCUT2D eigenvalue weighted by molar-refractivity contribution is 0.0945. The lowest BCUT2D eigenvalue weighted by Crippen LogP contribution is -2.23. The van der Waals surface area contributed by atoms with Crippen molar-refractivity contribution >= 4 is 5.91 Å². The molecule has 116 valence electrons. The lowest BCUT2D eigenvalue weighted by Gasteiger charge is -2.07. The van der Waals surface area contributed by atoms with Gasteiger partial charge in [0.15, 0.2) is 0 Å². The average Bonchev–Trinajstić information content (AvgIpc) is 3.07. The van der Waals surface area contributed by atoms with Crippen LogP contribution in [0.1, 0.15) is 27.3 Å². The smallest absolute Gasteiger partial charge is 0.270 e. The first-order valence-corrected chi connectivity index (χ1v) is 7.48. The standard InChI is InChI=1S/C18H18N4O/c1-14-4-2-5-17(21-14)18(23)19-12-15-6-8-16(9-7-15)13-22-11-3-10-20-22/h2-11H,12-13H2,1H3,(H,19,23). The Hall–Kier alpha value is -2.95. The van der Waals surface area contributed by atoms with Gasteiger partial charge in [-0.1, -0.05) is 30.3 Å². The summed E-state index contributed by atoms with van der Waals surface area (Å²) in [6, 6.07) is 15.5. The number of aromatic nitrogens is 3. The number of nitrogens with one attached hydrogen (secondary N) is 1. The molecule has 1 aromatic carbocycles.